The normalized spacial score (nSPS) is 10.7. The molecule has 2 nitrogen and oxygen atoms in total. The quantitative estimate of drug-likeness (QED) is 0.648. The third kappa shape index (κ3) is 8.11. The molecule has 2 N–H and O–H groups in total. The predicted molar refractivity (Wildman–Crippen MR) is 78.5 cm³/mol. The van der Waals surface area contributed by atoms with Crippen molar-refractivity contribution in [1.82, 2.24) is 0 Å². The Morgan fingerprint density at radius 2 is 1.78 bits per heavy atom. The van der Waals surface area contributed by atoms with Crippen molar-refractivity contribution in [3.05, 3.63) is 71.5 Å². The maximum atomic E-state index is 10.1. The molecule has 0 fully saturated rings. The summed E-state index contributed by atoms with van der Waals surface area (Å²) in [6.45, 7) is 9.52. The van der Waals surface area contributed by atoms with Crippen LogP contribution in [0.15, 0.2) is 60.3 Å². The number of allylic oxidation sites excluding steroid dienone is 4. The van der Waals surface area contributed by atoms with Crippen LogP contribution in [0.4, 0.5) is 0 Å². The molecular weight excluding hydrogens is 222 g/mol. The van der Waals surface area contributed by atoms with Crippen LogP contribution in [-0.2, 0) is 0 Å². The molecule has 0 atom stereocenters. The first kappa shape index (κ1) is 15.9. The molecule has 0 spiro atoms. The van der Waals surface area contributed by atoms with Gasteiger partial charge in [-0.15, -0.1) is 0 Å². The molecule has 1 aromatic carbocycles. The number of aryl methyl sites for hydroxylation is 1. The Morgan fingerprint density at radius 1 is 1.22 bits per heavy atom. The zero-order chi connectivity index (χ0) is 14.0. The van der Waals surface area contributed by atoms with Gasteiger partial charge in [-0.1, -0.05) is 54.1 Å². The molecular formula is C16H21NO. The van der Waals surface area contributed by atoms with Crippen molar-refractivity contribution in [1.29, 1.82) is 0 Å². The third-order valence-electron chi connectivity index (χ3n) is 2.11. The molecule has 1 aromatic rings. The molecule has 0 amide bonds. The summed E-state index contributed by atoms with van der Waals surface area (Å²) in [7, 11) is 0. The van der Waals surface area contributed by atoms with Crippen LogP contribution < -0.4 is 5.73 Å². The zero-order valence-electron chi connectivity index (χ0n) is 11.3. The molecule has 0 saturated carbocycles. The molecule has 1 rings (SSSR count). The van der Waals surface area contributed by atoms with Crippen molar-refractivity contribution in [3.8, 4) is 0 Å². The molecule has 0 aliphatic carbocycles. The van der Waals surface area contributed by atoms with E-state index in [0.717, 1.165) is 23.1 Å². The van der Waals surface area contributed by atoms with Crippen LogP contribution in [0, 0.1) is 6.92 Å². The van der Waals surface area contributed by atoms with Gasteiger partial charge in [0.15, 0.2) is 0 Å². The fourth-order valence-electron chi connectivity index (χ4n) is 0.980. The van der Waals surface area contributed by atoms with Gasteiger partial charge in [-0.05, 0) is 26.8 Å². The van der Waals surface area contributed by atoms with Gasteiger partial charge in [0.05, 0.1) is 0 Å². The van der Waals surface area contributed by atoms with Crippen LogP contribution in [0.3, 0.4) is 0 Å². The minimum atomic E-state index is 0.737. The summed E-state index contributed by atoms with van der Waals surface area (Å²) in [6, 6.07) is 7.46. The molecule has 0 bridgehead atoms. The van der Waals surface area contributed by atoms with E-state index in [0.29, 0.717) is 0 Å². The average Bonchev–Trinajstić information content (AvgIpc) is 2.37. The van der Waals surface area contributed by atoms with Crippen molar-refractivity contribution >= 4 is 6.29 Å². The Balaban J connectivity index is 0.000000321. The van der Waals surface area contributed by atoms with Crippen LogP contribution in [0.1, 0.15) is 29.8 Å². The zero-order valence-corrected chi connectivity index (χ0v) is 11.3. The van der Waals surface area contributed by atoms with E-state index in [1.165, 1.54) is 5.56 Å². The summed E-state index contributed by atoms with van der Waals surface area (Å²) >= 11 is 0. The highest BCUT2D eigenvalue weighted by Crippen LogP contribution is 1.98. The van der Waals surface area contributed by atoms with Crippen molar-refractivity contribution in [2.24, 2.45) is 5.73 Å². The third-order valence-corrected chi connectivity index (χ3v) is 2.11. The van der Waals surface area contributed by atoms with Gasteiger partial charge in [0.1, 0.15) is 6.29 Å². The lowest BCUT2D eigenvalue weighted by Crippen LogP contribution is -1.90. The molecule has 0 aliphatic heterocycles. The average molecular weight is 243 g/mol. The number of rotatable bonds is 3. The second-order valence-electron chi connectivity index (χ2n) is 4.00. The highest BCUT2D eigenvalue weighted by atomic mass is 16.1. The minimum absolute atomic E-state index is 0.737. The number of aldehydes is 1. The molecule has 0 radical (unpaired) electrons. The van der Waals surface area contributed by atoms with E-state index in [-0.39, 0.29) is 0 Å². The number of hydrogen-bond acceptors (Lipinski definition) is 2. The SMILES string of the molecule is C=C(C)/C=C\C(N)=C\C.Cc1ccc(C=O)cc1. The summed E-state index contributed by atoms with van der Waals surface area (Å²) in [5, 5.41) is 0. The molecule has 96 valence electrons. The molecule has 0 aliphatic rings. The van der Waals surface area contributed by atoms with E-state index in [1.54, 1.807) is 0 Å². The van der Waals surface area contributed by atoms with Crippen LogP contribution in [0.25, 0.3) is 0 Å². The largest absolute Gasteiger partial charge is 0.399 e. The summed E-state index contributed by atoms with van der Waals surface area (Å²) in [5.74, 6) is 0. The minimum Gasteiger partial charge on any atom is -0.399 e. The number of benzene rings is 1. The fraction of sp³-hybridized carbons (Fsp3) is 0.188. The smallest absolute Gasteiger partial charge is 0.150 e. The number of hydrogen-bond donors (Lipinski definition) is 1. The van der Waals surface area contributed by atoms with Gasteiger partial charge in [-0.25, -0.2) is 0 Å². The van der Waals surface area contributed by atoms with Gasteiger partial charge in [-0.2, -0.15) is 0 Å². The van der Waals surface area contributed by atoms with Crippen molar-refractivity contribution in [3.63, 3.8) is 0 Å². The topological polar surface area (TPSA) is 43.1 Å². The Bertz CT molecular complexity index is 439. The molecule has 0 saturated heterocycles. The maximum Gasteiger partial charge on any atom is 0.150 e. The van der Waals surface area contributed by atoms with Gasteiger partial charge in [0.2, 0.25) is 0 Å². The van der Waals surface area contributed by atoms with Crippen molar-refractivity contribution in [2.75, 3.05) is 0 Å². The van der Waals surface area contributed by atoms with Crippen LogP contribution >= 0.6 is 0 Å². The maximum absolute atomic E-state index is 10.1. The summed E-state index contributed by atoms with van der Waals surface area (Å²) in [6.07, 6.45) is 6.41. The number of nitrogens with two attached hydrogens (primary N) is 1. The molecule has 0 unspecified atom stereocenters. The van der Waals surface area contributed by atoms with E-state index in [4.69, 9.17) is 5.73 Å². The Kier molecular flexibility index (Phi) is 7.95. The lowest BCUT2D eigenvalue weighted by molar-refractivity contribution is 0.112. The van der Waals surface area contributed by atoms with Gasteiger partial charge in [0.25, 0.3) is 0 Å². The standard InChI is InChI=1S/C8H13N.C8H8O/c1-4-8(9)6-5-7(2)3;1-7-2-4-8(6-9)5-3-7/h4-6H,2,9H2,1,3H3;2-6H,1H3/b6-5-,8-4-;. The molecule has 18 heavy (non-hydrogen) atoms. The van der Waals surface area contributed by atoms with Crippen molar-refractivity contribution < 1.29 is 4.79 Å². The highest BCUT2D eigenvalue weighted by molar-refractivity contribution is 5.74. The van der Waals surface area contributed by atoms with Gasteiger partial charge >= 0.3 is 0 Å². The molecule has 0 aromatic heterocycles. The van der Waals surface area contributed by atoms with E-state index < -0.39 is 0 Å². The second-order valence-corrected chi connectivity index (χ2v) is 4.00. The van der Waals surface area contributed by atoms with Crippen LogP contribution in [-0.4, -0.2) is 6.29 Å². The van der Waals surface area contributed by atoms with Crippen LogP contribution in [0.2, 0.25) is 0 Å². The van der Waals surface area contributed by atoms with Gasteiger partial charge in [-0.3, -0.25) is 4.79 Å². The van der Waals surface area contributed by atoms with Crippen molar-refractivity contribution in [2.45, 2.75) is 20.8 Å². The van der Waals surface area contributed by atoms with E-state index in [9.17, 15) is 4.79 Å². The second kappa shape index (κ2) is 8.99. The molecule has 2 heteroatoms. The molecule has 0 heterocycles. The fourth-order valence-corrected chi connectivity index (χ4v) is 0.980. The highest BCUT2D eigenvalue weighted by Gasteiger charge is 1.85. The monoisotopic (exact) mass is 243 g/mol. The van der Waals surface area contributed by atoms with E-state index in [2.05, 4.69) is 6.58 Å². The predicted octanol–water partition coefficient (Wildman–Crippen LogP) is 3.79. The lowest BCUT2D eigenvalue weighted by atomic mass is 10.2. The number of carbonyl (C=O) groups excluding carboxylic acids is 1. The summed E-state index contributed by atoms with van der Waals surface area (Å²) < 4.78 is 0. The number of carbonyl (C=O) groups is 1. The van der Waals surface area contributed by atoms with Gasteiger partial charge in [0, 0.05) is 11.3 Å². The van der Waals surface area contributed by atoms with E-state index in [1.807, 2.05) is 63.3 Å². The van der Waals surface area contributed by atoms with Crippen LogP contribution in [0.5, 0.6) is 0 Å². The Morgan fingerprint density at radius 3 is 2.17 bits per heavy atom. The summed E-state index contributed by atoms with van der Waals surface area (Å²) in [5.41, 5.74) is 9.16. The first-order valence-electron chi connectivity index (χ1n) is 5.76. The first-order valence-corrected chi connectivity index (χ1v) is 5.76. The van der Waals surface area contributed by atoms with E-state index >= 15 is 0 Å². The Hall–Kier alpha value is -2.09. The Labute approximate surface area is 110 Å². The summed E-state index contributed by atoms with van der Waals surface area (Å²) in [4.78, 5) is 10.1. The first-order chi connectivity index (χ1) is 8.49. The van der Waals surface area contributed by atoms with Gasteiger partial charge < -0.3 is 5.73 Å². The lowest BCUT2D eigenvalue weighted by Gasteiger charge is -1.89.